The molecule has 0 amide bonds. The third-order valence-electron chi connectivity index (χ3n) is 2.66. The molecule has 0 saturated heterocycles. The average molecular weight is 236 g/mol. The summed E-state index contributed by atoms with van der Waals surface area (Å²) in [4.78, 5) is 21.6. The van der Waals surface area contributed by atoms with Crippen LogP contribution in [0.25, 0.3) is 0 Å². The fourth-order valence-corrected chi connectivity index (χ4v) is 1.87. The minimum Gasteiger partial charge on any atom is -0.481 e. The highest BCUT2D eigenvalue weighted by Crippen LogP contribution is 2.25. The molecule has 0 aromatic heterocycles. The van der Waals surface area contributed by atoms with Crippen molar-refractivity contribution < 1.29 is 19.8 Å². The Kier molecular flexibility index (Phi) is 4.69. The lowest BCUT2D eigenvalue weighted by Crippen LogP contribution is -2.07. The van der Waals surface area contributed by atoms with E-state index in [9.17, 15) is 9.59 Å². The first-order valence-corrected chi connectivity index (χ1v) is 5.59. The van der Waals surface area contributed by atoms with Gasteiger partial charge < -0.3 is 10.2 Å². The lowest BCUT2D eigenvalue weighted by atomic mass is 9.90. The molecular weight excluding hydrogens is 220 g/mol. The van der Waals surface area contributed by atoms with Crippen molar-refractivity contribution in [2.45, 2.75) is 32.1 Å². The Balaban J connectivity index is 2.96. The molecule has 17 heavy (non-hydrogen) atoms. The van der Waals surface area contributed by atoms with Gasteiger partial charge in [0.2, 0.25) is 0 Å². The van der Waals surface area contributed by atoms with Crippen LogP contribution in [0.15, 0.2) is 24.3 Å². The van der Waals surface area contributed by atoms with Gasteiger partial charge in [0.1, 0.15) is 0 Å². The Morgan fingerprint density at radius 1 is 1.29 bits per heavy atom. The first kappa shape index (κ1) is 13.2. The third kappa shape index (κ3) is 3.90. The van der Waals surface area contributed by atoms with Crippen molar-refractivity contribution in [2.75, 3.05) is 0 Å². The van der Waals surface area contributed by atoms with Gasteiger partial charge in [-0.25, -0.2) is 4.79 Å². The van der Waals surface area contributed by atoms with E-state index in [0.717, 1.165) is 18.4 Å². The number of hydrogen-bond acceptors (Lipinski definition) is 2. The zero-order valence-electron chi connectivity index (χ0n) is 9.72. The van der Waals surface area contributed by atoms with Crippen molar-refractivity contribution in [2.24, 2.45) is 0 Å². The lowest BCUT2D eigenvalue weighted by molar-refractivity contribution is -0.137. The van der Waals surface area contributed by atoms with Crippen LogP contribution in [0.3, 0.4) is 0 Å². The standard InChI is InChI=1S/C13H16O4/c1-2-4-9(8-12(14)15)10-5-3-6-11(7-10)13(16)17/h3,5-7,9H,2,4,8H2,1H3,(H,14,15)(H,16,17). The predicted octanol–water partition coefficient (Wildman–Crippen LogP) is 2.74. The largest absolute Gasteiger partial charge is 0.481 e. The molecule has 1 unspecified atom stereocenters. The van der Waals surface area contributed by atoms with E-state index in [4.69, 9.17) is 10.2 Å². The van der Waals surface area contributed by atoms with Crippen molar-refractivity contribution >= 4 is 11.9 Å². The number of aliphatic carboxylic acids is 1. The molecule has 0 aliphatic rings. The molecule has 0 aliphatic heterocycles. The van der Waals surface area contributed by atoms with Gasteiger partial charge in [-0.2, -0.15) is 0 Å². The summed E-state index contributed by atoms with van der Waals surface area (Å²) < 4.78 is 0. The quantitative estimate of drug-likeness (QED) is 0.796. The SMILES string of the molecule is CCCC(CC(=O)O)c1cccc(C(=O)O)c1. The summed E-state index contributed by atoms with van der Waals surface area (Å²) >= 11 is 0. The molecule has 0 aliphatic carbocycles. The van der Waals surface area contributed by atoms with Crippen molar-refractivity contribution in [3.63, 3.8) is 0 Å². The number of carboxylic acid groups (broad SMARTS) is 2. The lowest BCUT2D eigenvalue weighted by Gasteiger charge is -2.14. The molecule has 1 aromatic carbocycles. The molecule has 4 heteroatoms. The summed E-state index contributed by atoms with van der Waals surface area (Å²) in [7, 11) is 0. The molecule has 1 aromatic rings. The number of hydrogen-bond donors (Lipinski definition) is 2. The topological polar surface area (TPSA) is 74.6 Å². The molecule has 0 spiro atoms. The summed E-state index contributed by atoms with van der Waals surface area (Å²) in [6, 6.07) is 6.51. The van der Waals surface area contributed by atoms with E-state index < -0.39 is 11.9 Å². The van der Waals surface area contributed by atoms with Gasteiger partial charge in [0.05, 0.1) is 12.0 Å². The molecule has 0 bridgehead atoms. The Hall–Kier alpha value is -1.84. The summed E-state index contributed by atoms with van der Waals surface area (Å²) in [6.45, 7) is 1.98. The molecular formula is C13H16O4. The van der Waals surface area contributed by atoms with E-state index in [1.165, 1.54) is 6.07 Å². The number of carbonyl (C=O) groups is 2. The molecule has 0 fully saturated rings. The van der Waals surface area contributed by atoms with Crippen molar-refractivity contribution in [3.05, 3.63) is 35.4 Å². The Labute approximate surface area is 99.9 Å². The van der Waals surface area contributed by atoms with Crippen LogP contribution in [-0.2, 0) is 4.79 Å². The summed E-state index contributed by atoms with van der Waals surface area (Å²) in [5.41, 5.74) is 0.989. The molecule has 0 heterocycles. The summed E-state index contributed by atoms with van der Waals surface area (Å²) in [5, 5.41) is 17.7. The highest BCUT2D eigenvalue weighted by molar-refractivity contribution is 5.87. The Morgan fingerprint density at radius 2 is 2.00 bits per heavy atom. The van der Waals surface area contributed by atoms with Crippen molar-refractivity contribution in [3.8, 4) is 0 Å². The molecule has 1 atom stereocenters. The maximum Gasteiger partial charge on any atom is 0.335 e. The van der Waals surface area contributed by atoms with Crippen LogP contribution in [0.1, 0.15) is 48.0 Å². The van der Waals surface area contributed by atoms with Gasteiger partial charge in [-0.3, -0.25) is 4.79 Å². The van der Waals surface area contributed by atoms with Crippen LogP contribution in [0.5, 0.6) is 0 Å². The van der Waals surface area contributed by atoms with E-state index in [2.05, 4.69) is 0 Å². The van der Waals surface area contributed by atoms with Gasteiger partial charge >= 0.3 is 11.9 Å². The van der Waals surface area contributed by atoms with Gasteiger partial charge in [0.25, 0.3) is 0 Å². The fourth-order valence-electron chi connectivity index (χ4n) is 1.87. The van der Waals surface area contributed by atoms with E-state index in [-0.39, 0.29) is 17.9 Å². The molecule has 0 saturated carbocycles. The van der Waals surface area contributed by atoms with Crippen LogP contribution >= 0.6 is 0 Å². The maximum absolute atomic E-state index is 10.8. The highest BCUT2D eigenvalue weighted by atomic mass is 16.4. The van der Waals surface area contributed by atoms with Gasteiger partial charge in [-0.15, -0.1) is 0 Å². The van der Waals surface area contributed by atoms with Crippen LogP contribution < -0.4 is 0 Å². The highest BCUT2D eigenvalue weighted by Gasteiger charge is 2.16. The van der Waals surface area contributed by atoms with Gasteiger partial charge in [0, 0.05) is 0 Å². The first-order valence-electron chi connectivity index (χ1n) is 5.59. The smallest absolute Gasteiger partial charge is 0.335 e. The second kappa shape index (κ2) is 6.03. The summed E-state index contributed by atoms with van der Waals surface area (Å²) in [6.07, 6.45) is 1.65. The van der Waals surface area contributed by atoms with Crippen LogP contribution in [0, 0.1) is 0 Å². The maximum atomic E-state index is 10.8. The first-order chi connectivity index (χ1) is 8.04. The van der Waals surface area contributed by atoms with E-state index >= 15 is 0 Å². The van der Waals surface area contributed by atoms with Gasteiger partial charge in [-0.05, 0) is 30.0 Å². The van der Waals surface area contributed by atoms with Crippen LogP contribution in [-0.4, -0.2) is 22.2 Å². The van der Waals surface area contributed by atoms with Crippen LogP contribution in [0.2, 0.25) is 0 Å². The molecule has 2 N–H and O–H groups in total. The Morgan fingerprint density at radius 3 is 2.53 bits per heavy atom. The monoisotopic (exact) mass is 236 g/mol. The second-order valence-corrected chi connectivity index (χ2v) is 4.01. The molecule has 4 nitrogen and oxygen atoms in total. The van der Waals surface area contributed by atoms with Gasteiger partial charge in [0.15, 0.2) is 0 Å². The second-order valence-electron chi connectivity index (χ2n) is 4.01. The number of carboxylic acids is 2. The van der Waals surface area contributed by atoms with Crippen LogP contribution in [0.4, 0.5) is 0 Å². The number of benzene rings is 1. The van der Waals surface area contributed by atoms with E-state index in [0.29, 0.717) is 0 Å². The van der Waals surface area contributed by atoms with Gasteiger partial charge in [-0.1, -0.05) is 25.5 Å². The van der Waals surface area contributed by atoms with Crippen molar-refractivity contribution in [1.82, 2.24) is 0 Å². The number of aromatic carboxylic acids is 1. The predicted molar refractivity (Wildman–Crippen MR) is 63.3 cm³/mol. The zero-order valence-corrected chi connectivity index (χ0v) is 9.72. The van der Waals surface area contributed by atoms with E-state index in [1.807, 2.05) is 6.92 Å². The van der Waals surface area contributed by atoms with E-state index in [1.54, 1.807) is 18.2 Å². The average Bonchev–Trinajstić information content (AvgIpc) is 2.28. The minimum atomic E-state index is -0.988. The molecule has 0 radical (unpaired) electrons. The normalized spacial score (nSPS) is 12.1. The third-order valence-corrected chi connectivity index (χ3v) is 2.66. The van der Waals surface area contributed by atoms with Crippen molar-refractivity contribution in [1.29, 1.82) is 0 Å². The fraction of sp³-hybridized carbons (Fsp3) is 0.385. The number of rotatable bonds is 6. The Bertz CT molecular complexity index is 412. The molecule has 1 rings (SSSR count). The zero-order chi connectivity index (χ0) is 12.8. The minimum absolute atomic E-state index is 0.0386. The summed E-state index contributed by atoms with van der Waals surface area (Å²) in [5.74, 6) is -1.96. The molecule has 92 valence electrons.